The Morgan fingerprint density at radius 3 is 2.71 bits per heavy atom. The summed E-state index contributed by atoms with van der Waals surface area (Å²) in [7, 11) is -3.38. The van der Waals surface area contributed by atoms with Crippen LogP contribution < -0.4 is 10.6 Å². The average Bonchev–Trinajstić information content (AvgIpc) is 2.40. The number of amides is 2. The molecule has 0 aromatic heterocycles. The van der Waals surface area contributed by atoms with Crippen molar-refractivity contribution in [3.05, 3.63) is 23.2 Å². The SMILES string of the molecule is CS(=O)(=O)c1ccc(Cl)c(NC(=O)C2CCC(=O)NC2)c1. The monoisotopic (exact) mass is 330 g/mol. The quantitative estimate of drug-likeness (QED) is 0.871. The number of piperidine rings is 1. The first-order valence-corrected chi connectivity index (χ1v) is 8.61. The highest BCUT2D eigenvalue weighted by Gasteiger charge is 2.25. The van der Waals surface area contributed by atoms with E-state index in [-0.39, 0.29) is 39.9 Å². The second-order valence-electron chi connectivity index (χ2n) is 4.94. The fourth-order valence-corrected chi connectivity index (χ4v) is 2.83. The minimum atomic E-state index is -3.38. The van der Waals surface area contributed by atoms with Crippen molar-refractivity contribution < 1.29 is 18.0 Å². The van der Waals surface area contributed by atoms with E-state index in [4.69, 9.17) is 11.6 Å². The Morgan fingerprint density at radius 2 is 2.14 bits per heavy atom. The maximum atomic E-state index is 12.1. The summed E-state index contributed by atoms with van der Waals surface area (Å²) in [4.78, 5) is 23.3. The predicted octanol–water partition coefficient (Wildman–Crippen LogP) is 1.21. The molecule has 2 rings (SSSR count). The first-order chi connectivity index (χ1) is 9.77. The minimum Gasteiger partial charge on any atom is -0.355 e. The number of rotatable bonds is 3. The zero-order chi connectivity index (χ0) is 15.6. The predicted molar refractivity (Wildman–Crippen MR) is 78.9 cm³/mol. The summed E-state index contributed by atoms with van der Waals surface area (Å²) in [6.45, 7) is 0.272. The molecular formula is C13H15ClN2O4S. The average molecular weight is 331 g/mol. The van der Waals surface area contributed by atoms with Gasteiger partial charge in [0, 0.05) is 19.2 Å². The molecule has 2 N–H and O–H groups in total. The molecule has 21 heavy (non-hydrogen) atoms. The van der Waals surface area contributed by atoms with Gasteiger partial charge in [-0.1, -0.05) is 11.6 Å². The molecule has 1 fully saturated rings. The van der Waals surface area contributed by atoms with Crippen molar-refractivity contribution in [2.24, 2.45) is 5.92 Å². The van der Waals surface area contributed by atoms with Gasteiger partial charge in [-0.25, -0.2) is 8.42 Å². The fourth-order valence-electron chi connectivity index (χ4n) is 2.02. The normalized spacial score (nSPS) is 19.0. The summed E-state index contributed by atoms with van der Waals surface area (Å²) >= 11 is 5.97. The lowest BCUT2D eigenvalue weighted by atomic mass is 9.98. The van der Waals surface area contributed by atoms with Crippen LogP contribution in [0.5, 0.6) is 0 Å². The maximum Gasteiger partial charge on any atom is 0.229 e. The van der Waals surface area contributed by atoms with E-state index < -0.39 is 9.84 Å². The fraction of sp³-hybridized carbons (Fsp3) is 0.385. The molecule has 114 valence electrons. The molecule has 8 heteroatoms. The number of halogens is 1. The van der Waals surface area contributed by atoms with Gasteiger partial charge in [-0.3, -0.25) is 9.59 Å². The van der Waals surface area contributed by atoms with Gasteiger partial charge in [0.15, 0.2) is 9.84 Å². The van der Waals surface area contributed by atoms with E-state index in [1.807, 2.05) is 0 Å². The van der Waals surface area contributed by atoms with Crippen molar-refractivity contribution >= 4 is 38.9 Å². The van der Waals surface area contributed by atoms with Crippen LogP contribution in [-0.2, 0) is 19.4 Å². The van der Waals surface area contributed by atoms with Crippen LogP contribution in [-0.4, -0.2) is 33.0 Å². The molecule has 1 saturated heterocycles. The molecule has 2 amide bonds. The van der Waals surface area contributed by atoms with Crippen LogP contribution in [0.2, 0.25) is 5.02 Å². The summed E-state index contributed by atoms with van der Waals surface area (Å²) < 4.78 is 23.0. The Labute approximate surface area is 127 Å². The smallest absolute Gasteiger partial charge is 0.229 e. The van der Waals surface area contributed by atoms with Crippen LogP contribution in [0.25, 0.3) is 0 Å². The lowest BCUT2D eigenvalue weighted by molar-refractivity contribution is -0.126. The molecule has 1 heterocycles. The zero-order valence-corrected chi connectivity index (χ0v) is 12.9. The summed E-state index contributed by atoms with van der Waals surface area (Å²) in [5.74, 6) is -0.709. The molecule has 1 atom stereocenters. The van der Waals surface area contributed by atoms with Crippen molar-refractivity contribution in [3.63, 3.8) is 0 Å². The van der Waals surface area contributed by atoms with Gasteiger partial charge in [0.05, 0.1) is 21.5 Å². The molecule has 1 aliphatic heterocycles. The van der Waals surface area contributed by atoms with Crippen LogP contribution in [0.3, 0.4) is 0 Å². The summed E-state index contributed by atoms with van der Waals surface area (Å²) in [6, 6.07) is 4.14. The Balaban J connectivity index is 2.15. The molecule has 1 aromatic carbocycles. The number of sulfone groups is 1. The maximum absolute atomic E-state index is 12.1. The standard InChI is InChI=1S/C13H15ClN2O4S/c1-21(19,20)9-3-4-10(14)11(6-9)16-13(18)8-2-5-12(17)15-7-8/h3-4,6,8H,2,5,7H2,1H3,(H,15,17)(H,16,18). The Hall–Kier alpha value is -1.60. The lowest BCUT2D eigenvalue weighted by Gasteiger charge is -2.22. The van der Waals surface area contributed by atoms with Crippen LogP contribution >= 0.6 is 11.6 Å². The van der Waals surface area contributed by atoms with Gasteiger partial charge in [0.2, 0.25) is 11.8 Å². The summed E-state index contributed by atoms with van der Waals surface area (Å²) in [5, 5.41) is 5.50. The van der Waals surface area contributed by atoms with Crippen LogP contribution in [0, 0.1) is 5.92 Å². The minimum absolute atomic E-state index is 0.0730. The second-order valence-corrected chi connectivity index (χ2v) is 7.37. The van der Waals surface area contributed by atoms with E-state index in [0.29, 0.717) is 12.8 Å². The topological polar surface area (TPSA) is 92.3 Å². The first-order valence-electron chi connectivity index (χ1n) is 6.34. The molecule has 1 aliphatic rings. The Morgan fingerprint density at radius 1 is 1.43 bits per heavy atom. The third-order valence-electron chi connectivity index (χ3n) is 3.26. The van der Waals surface area contributed by atoms with E-state index in [1.54, 1.807) is 0 Å². The third kappa shape index (κ3) is 3.95. The highest BCUT2D eigenvalue weighted by Crippen LogP contribution is 2.26. The molecule has 0 spiro atoms. The molecule has 0 aliphatic carbocycles. The molecule has 0 bridgehead atoms. The Kier molecular flexibility index (Phi) is 4.53. The van der Waals surface area contributed by atoms with Gasteiger partial charge >= 0.3 is 0 Å². The van der Waals surface area contributed by atoms with E-state index in [0.717, 1.165) is 6.26 Å². The van der Waals surface area contributed by atoms with Gasteiger partial charge in [-0.15, -0.1) is 0 Å². The largest absolute Gasteiger partial charge is 0.355 e. The van der Waals surface area contributed by atoms with Gasteiger partial charge in [0.25, 0.3) is 0 Å². The summed E-state index contributed by atoms with van der Waals surface area (Å²) in [6.07, 6.45) is 1.84. The number of benzene rings is 1. The number of hydrogen-bond donors (Lipinski definition) is 2. The van der Waals surface area contributed by atoms with Crippen molar-refractivity contribution in [2.45, 2.75) is 17.7 Å². The third-order valence-corrected chi connectivity index (χ3v) is 4.70. The number of anilines is 1. The van der Waals surface area contributed by atoms with Gasteiger partial charge in [0.1, 0.15) is 0 Å². The van der Waals surface area contributed by atoms with E-state index in [2.05, 4.69) is 10.6 Å². The zero-order valence-electron chi connectivity index (χ0n) is 11.3. The Bertz CT molecular complexity index is 677. The number of carbonyl (C=O) groups is 2. The first kappa shape index (κ1) is 15.8. The van der Waals surface area contributed by atoms with Crippen molar-refractivity contribution in [3.8, 4) is 0 Å². The highest BCUT2D eigenvalue weighted by molar-refractivity contribution is 7.90. The molecule has 1 aromatic rings. The van der Waals surface area contributed by atoms with E-state index in [1.165, 1.54) is 18.2 Å². The molecule has 1 unspecified atom stereocenters. The lowest BCUT2D eigenvalue weighted by Crippen LogP contribution is -2.40. The second kappa shape index (κ2) is 6.03. The van der Waals surface area contributed by atoms with Crippen molar-refractivity contribution in [1.82, 2.24) is 5.32 Å². The van der Waals surface area contributed by atoms with Gasteiger partial charge in [-0.05, 0) is 24.6 Å². The van der Waals surface area contributed by atoms with Crippen LogP contribution in [0.1, 0.15) is 12.8 Å². The van der Waals surface area contributed by atoms with E-state index >= 15 is 0 Å². The van der Waals surface area contributed by atoms with Gasteiger partial charge in [-0.2, -0.15) is 0 Å². The van der Waals surface area contributed by atoms with Crippen molar-refractivity contribution in [1.29, 1.82) is 0 Å². The summed E-state index contributed by atoms with van der Waals surface area (Å²) in [5.41, 5.74) is 0.251. The van der Waals surface area contributed by atoms with Crippen molar-refractivity contribution in [2.75, 3.05) is 18.1 Å². The molecule has 6 nitrogen and oxygen atoms in total. The van der Waals surface area contributed by atoms with Crippen LogP contribution in [0.15, 0.2) is 23.1 Å². The highest BCUT2D eigenvalue weighted by atomic mass is 35.5. The number of nitrogens with one attached hydrogen (secondary N) is 2. The van der Waals surface area contributed by atoms with Crippen LogP contribution in [0.4, 0.5) is 5.69 Å². The molecular weight excluding hydrogens is 316 g/mol. The van der Waals surface area contributed by atoms with E-state index in [9.17, 15) is 18.0 Å². The number of hydrogen-bond acceptors (Lipinski definition) is 4. The molecule has 0 radical (unpaired) electrons. The number of carbonyl (C=O) groups excluding carboxylic acids is 2. The van der Waals surface area contributed by atoms with Gasteiger partial charge < -0.3 is 10.6 Å². The molecule has 0 saturated carbocycles.